The summed E-state index contributed by atoms with van der Waals surface area (Å²) in [6.45, 7) is 3.30. The van der Waals surface area contributed by atoms with Gasteiger partial charge in [0.05, 0.1) is 0 Å². The number of halogens is 1. The molecule has 0 radical (unpaired) electrons. The van der Waals surface area contributed by atoms with Crippen LogP contribution in [0, 0.1) is 0 Å². The van der Waals surface area contributed by atoms with Gasteiger partial charge >= 0.3 is 0 Å². The van der Waals surface area contributed by atoms with Crippen molar-refractivity contribution in [1.29, 1.82) is 0 Å². The molecule has 116 valence electrons. The molecule has 21 heavy (non-hydrogen) atoms. The number of nitrogens with one attached hydrogen (secondary N) is 1. The third kappa shape index (κ3) is 3.99. The van der Waals surface area contributed by atoms with Crippen LogP contribution in [0.2, 0.25) is 0 Å². The molecule has 0 spiro atoms. The summed E-state index contributed by atoms with van der Waals surface area (Å²) in [7, 11) is 4.39. The van der Waals surface area contributed by atoms with Crippen molar-refractivity contribution in [1.82, 2.24) is 10.2 Å². The van der Waals surface area contributed by atoms with E-state index in [0.717, 1.165) is 31.7 Å². The van der Waals surface area contributed by atoms with Crippen LogP contribution in [0.4, 0.5) is 5.69 Å². The standard InChI is InChI=1S/C17H26BrN3/c1-20(2)15-7-9-21(10-8-15)16-6-3-13(17(18)11-16)12-19-14-4-5-14/h3,6,11,14-15,19H,4-5,7-10,12H2,1-2H3. The summed E-state index contributed by atoms with van der Waals surface area (Å²) in [6, 6.07) is 8.35. The SMILES string of the molecule is CN(C)C1CCN(c2ccc(CNC3CC3)c(Br)c2)CC1. The number of hydrogen-bond donors (Lipinski definition) is 1. The Kier molecular flexibility index (Phi) is 4.87. The molecule has 3 rings (SSSR count). The van der Waals surface area contributed by atoms with Gasteiger partial charge in [0.1, 0.15) is 0 Å². The zero-order valence-corrected chi connectivity index (χ0v) is 14.7. The molecule has 0 unspecified atom stereocenters. The van der Waals surface area contributed by atoms with Gasteiger partial charge in [-0.1, -0.05) is 22.0 Å². The van der Waals surface area contributed by atoms with E-state index in [1.54, 1.807) is 0 Å². The second-order valence-corrected chi connectivity index (χ2v) is 7.47. The molecule has 1 saturated heterocycles. The average Bonchev–Trinajstić information content (AvgIpc) is 3.30. The number of piperidine rings is 1. The Morgan fingerprint density at radius 2 is 1.90 bits per heavy atom. The quantitative estimate of drug-likeness (QED) is 0.878. The fraction of sp³-hybridized carbons (Fsp3) is 0.647. The van der Waals surface area contributed by atoms with Crippen LogP contribution in [0.3, 0.4) is 0 Å². The zero-order chi connectivity index (χ0) is 14.8. The van der Waals surface area contributed by atoms with Crippen LogP contribution >= 0.6 is 15.9 Å². The first-order chi connectivity index (χ1) is 10.1. The number of nitrogens with zero attached hydrogens (tertiary/aromatic N) is 2. The average molecular weight is 352 g/mol. The fourth-order valence-corrected chi connectivity index (χ4v) is 3.57. The van der Waals surface area contributed by atoms with Crippen LogP contribution in [-0.4, -0.2) is 44.2 Å². The van der Waals surface area contributed by atoms with Gasteiger partial charge in [0.2, 0.25) is 0 Å². The second-order valence-electron chi connectivity index (χ2n) is 6.61. The van der Waals surface area contributed by atoms with Crippen LogP contribution in [0.15, 0.2) is 22.7 Å². The van der Waals surface area contributed by atoms with E-state index < -0.39 is 0 Å². The summed E-state index contributed by atoms with van der Waals surface area (Å²) < 4.78 is 1.24. The van der Waals surface area contributed by atoms with Gasteiger partial charge in [0, 0.05) is 41.9 Å². The lowest BCUT2D eigenvalue weighted by Crippen LogP contribution is -2.42. The first kappa shape index (κ1) is 15.3. The monoisotopic (exact) mass is 351 g/mol. The van der Waals surface area contributed by atoms with E-state index in [9.17, 15) is 0 Å². The molecule has 1 saturated carbocycles. The van der Waals surface area contributed by atoms with Crippen LogP contribution < -0.4 is 10.2 Å². The maximum Gasteiger partial charge on any atom is 0.0377 e. The Morgan fingerprint density at radius 3 is 2.48 bits per heavy atom. The molecule has 1 heterocycles. The first-order valence-electron chi connectivity index (χ1n) is 8.06. The van der Waals surface area contributed by atoms with Crippen molar-refractivity contribution < 1.29 is 0 Å². The molecule has 1 aromatic rings. The Hall–Kier alpha value is -0.580. The van der Waals surface area contributed by atoms with E-state index >= 15 is 0 Å². The maximum atomic E-state index is 3.74. The lowest BCUT2D eigenvalue weighted by atomic mass is 10.0. The maximum absolute atomic E-state index is 3.74. The number of anilines is 1. The molecule has 2 fully saturated rings. The summed E-state index contributed by atoms with van der Waals surface area (Å²) in [5.41, 5.74) is 2.73. The predicted octanol–water partition coefficient (Wildman–Crippen LogP) is 3.23. The van der Waals surface area contributed by atoms with E-state index in [-0.39, 0.29) is 0 Å². The van der Waals surface area contributed by atoms with Gasteiger partial charge in [0.25, 0.3) is 0 Å². The highest BCUT2D eigenvalue weighted by Gasteiger charge is 2.22. The highest BCUT2D eigenvalue weighted by atomic mass is 79.9. The Bertz CT molecular complexity index is 477. The van der Waals surface area contributed by atoms with Crippen molar-refractivity contribution in [2.75, 3.05) is 32.1 Å². The van der Waals surface area contributed by atoms with Gasteiger partial charge in [-0.2, -0.15) is 0 Å². The summed E-state index contributed by atoms with van der Waals surface area (Å²) in [6.07, 6.45) is 5.21. The molecule has 0 amide bonds. The molecule has 1 aliphatic carbocycles. The molecule has 1 aliphatic heterocycles. The zero-order valence-electron chi connectivity index (χ0n) is 13.1. The van der Waals surface area contributed by atoms with Crippen LogP contribution in [0.1, 0.15) is 31.2 Å². The van der Waals surface area contributed by atoms with E-state index in [1.807, 2.05) is 0 Å². The van der Waals surface area contributed by atoms with Gasteiger partial charge in [0.15, 0.2) is 0 Å². The van der Waals surface area contributed by atoms with Crippen molar-refractivity contribution >= 4 is 21.6 Å². The van der Waals surface area contributed by atoms with Crippen molar-refractivity contribution in [3.63, 3.8) is 0 Å². The molecular formula is C17H26BrN3. The third-order valence-electron chi connectivity index (χ3n) is 4.76. The summed E-state index contributed by atoms with van der Waals surface area (Å²) in [5, 5.41) is 3.58. The summed E-state index contributed by atoms with van der Waals surface area (Å²) in [4.78, 5) is 4.88. The van der Waals surface area contributed by atoms with Crippen molar-refractivity contribution in [3.8, 4) is 0 Å². The van der Waals surface area contributed by atoms with Crippen molar-refractivity contribution in [3.05, 3.63) is 28.2 Å². The molecule has 0 atom stereocenters. The Morgan fingerprint density at radius 1 is 1.19 bits per heavy atom. The van der Waals surface area contributed by atoms with Gasteiger partial charge in [-0.15, -0.1) is 0 Å². The smallest absolute Gasteiger partial charge is 0.0377 e. The van der Waals surface area contributed by atoms with Crippen LogP contribution in [0.5, 0.6) is 0 Å². The molecule has 2 aliphatic rings. The predicted molar refractivity (Wildman–Crippen MR) is 92.9 cm³/mol. The number of rotatable bonds is 5. The first-order valence-corrected chi connectivity index (χ1v) is 8.86. The summed E-state index contributed by atoms with van der Waals surface area (Å²) in [5.74, 6) is 0. The minimum Gasteiger partial charge on any atom is -0.371 e. The second kappa shape index (κ2) is 6.67. The van der Waals surface area contributed by atoms with E-state index in [4.69, 9.17) is 0 Å². The summed E-state index contributed by atoms with van der Waals surface area (Å²) >= 11 is 3.74. The molecular weight excluding hydrogens is 326 g/mol. The minimum atomic E-state index is 0.742. The minimum absolute atomic E-state index is 0.742. The van der Waals surface area contributed by atoms with Crippen molar-refractivity contribution in [2.45, 2.75) is 44.3 Å². The van der Waals surface area contributed by atoms with Gasteiger partial charge in [-0.05, 0) is 57.5 Å². The lowest BCUT2D eigenvalue weighted by molar-refractivity contribution is 0.249. The fourth-order valence-electron chi connectivity index (χ4n) is 3.06. The molecule has 0 aromatic heterocycles. The van der Waals surface area contributed by atoms with Gasteiger partial charge < -0.3 is 15.1 Å². The highest BCUT2D eigenvalue weighted by molar-refractivity contribution is 9.10. The van der Waals surface area contributed by atoms with E-state index in [0.29, 0.717) is 0 Å². The van der Waals surface area contributed by atoms with Gasteiger partial charge in [-0.3, -0.25) is 0 Å². The number of benzene rings is 1. The molecule has 1 aromatic carbocycles. The van der Waals surface area contributed by atoms with E-state index in [2.05, 4.69) is 63.3 Å². The molecule has 4 heteroatoms. The molecule has 3 nitrogen and oxygen atoms in total. The lowest BCUT2D eigenvalue weighted by Gasteiger charge is -2.36. The van der Waals surface area contributed by atoms with Crippen LogP contribution in [-0.2, 0) is 6.54 Å². The van der Waals surface area contributed by atoms with Crippen molar-refractivity contribution in [2.24, 2.45) is 0 Å². The van der Waals surface area contributed by atoms with Crippen LogP contribution in [0.25, 0.3) is 0 Å². The number of hydrogen-bond acceptors (Lipinski definition) is 3. The highest BCUT2D eigenvalue weighted by Crippen LogP contribution is 2.28. The largest absolute Gasteiger partial charge is 0.371 e. The van der Waals surface area contributed by atoms with E-state index in [1.165, 1.54) is 41.4 Å². The normalized spacial score (nSPS) is 20.3. The Labute approximate surface area is 136 Å². The van der Waals surface area contributed by atoms with Gasteiger partial charge in [-0.25, -0.2) is 0 Å². The Balaban J connectivity index is 1.59. The third-order valence-corrected chi connectivity index (χ3v) is 5.49. The topological polar surface area (TPSA) is 18.5 Å². The molecule has 1 N–H and O–H groups in total. The molecule has 0 bridgehead atoms.